The minimum Gasteiger partial charge on any atom is -0.394 e. The van der Waals surface area contributed by atoms with Crippen molar-refractivity contribution >= 4 is 11.6 Å². The maximum absolute atomic E-state index is 12.9. The van der Waals surface area contributed by atoms with Gasteiger partial charge in [0.25, 0.3) is 5.91 Å². The summed E-state index contributed by atoms with van der Waals surface area (Å²) in [6.07, 6.45) is 3.13. The molecule has 1 amide bonds. The van der Waals surface area contributed by atoms with Crippen molar-refractivity contribution in [3.8, 4) is 11.5 Å². The number of carbonyl (C=O) groups is 1. The van der Waals surface area contributed by atoms with Gasteiger partial charge >= 0.3 is 0 Å². The first-order valence-corrected chi connectivity index (χ1v) is 10.5. The maximum Gasteiger partial charge on any atom is 0.251 e. The van der Waals surface area contributed by atoms with Crippen LogP contribution in [0.1, 0.15) is 33.4 Å². The number of benzene rings is 2. The van der Waals surface area contributed by atoms with Gasteiger partial charge < -0.3 is 20.3 Å². The number of nitrogens with zero attached hydrogens (tertiary/aromatic N) is 5. The van der Waals surface area contributed by atoms with E-state index in [2.05, 4.69) is 30.8 Å². The average molecular weight is 444 g/mol. The summed E-state index contributed by atoms with van der Waals surface area (Å²) in [6, 6.07) is 16.2. The molecule has 4 aromatic rings. The summed E-state index contributed by atoms with van der Waals surface area (Å²) in [5.74, 6) is 1.11. The Hall–Kier alpha value is -4.11. The van der Waals surface area contributed by atoms with E-state index < -0.39 is 6.04 Å². The molecule has 3 N–H and O–H groups in total. The number of aliphatic hydroxyl groups is 1. The van der Waals surface area contributed by atoms with E-state index >= 15 is 0 Å². The quantitative estimate of drug-likeness (QED) is 0.383. The van der Waals surface area contributed by atoms with Crippen molar-refractivity contribution in [1.82, 2.24) is 30.0 Å². The Morgan fingerprint density at radius 1 is 1.12 bits per heavy atom. The molecule has 2 aromatic carbocycles. The van der Waals surface area contributed by atoms with E-state index in [0.29, 0.717) is 23.6 Å². The predicted molar refractivity (Wildman–Crippen MR) is 124 cm³/mol. The molecule has 168 valence electrons. The van der Waals surface area contributed by atoms with E-state index in [-0.39, 0.29) is 12.5 Å². The largest absolute Gasteiger partial charge is 0.394 e. The van der Waals surface area contributed by atoms with Gasteiger partial charge in [-0.25, -0.2) is 9.97 Å². The number of hydrogen-bond donors (Lipinski definition) is 3. The van der Waals surface area contributed by atoms with Gasteiger partial charge in [-0.05, 0) is 42.3 Å². The van der Waals surface area contributed by atoms with E-state index in [0.717, 1.165) is 22.6 Å². The molecule has 9 nitrogen and oxygen atoms in total. The molecule has 1 unspecified atom stereocenters. The molecular weight excluding hydrogens is 418 g/mol. The van der Waals surface area contributed by atoms with Gasteiger partial charge in [-0.15, -0.1) is 10.2 Å². The maximum atomic E-state index is 12.9. The number of amides is 1. The van der Waals surface area contributed by atoms with Crippen LogP contribution in [0.4, 0.5) is 5.69 Å². The number of aromatic nitrogens is 5. The van der Waals surface area contributed by atoms with Gasteiger partial charge in [0.05, 0.1) is 19.2 Å². The van der Waals surface area contributed by atoms with Gasteiger partial charge in [0.1, 0.15) is 12.0 Å². The highest BCUT2D eigenvalue weighted by molar-refractivity contribution is 5.95. The molecule has 0 fully saturated rings. The number of carbonyl (C=O) groups excluding carboxylic acids is 1. The van der Waals surface area contributed by atoms with Crippen LogP contribution in [0.15, 0.2) is 67.1 Å². The number of rotatable bonds is 8. The van der Waals surface area contributed by atoms with Gasteiger partial charge in [-0.2, -0.15) is 0 Å². The Labute approximate surface area is 191 Å². The molecule has 2 heterocycles. The van der Waals surface area contributed by atoms with Crippen LogP contribution in [0.5, 0.6) is 0 Å². The molecule has 0 bridgehead atoms. The third-order valence-corrected chi connectivity index (χ3v) is 5.40. The first kappa shape index (κ1) is 22.1. The molecule has 2 aromatic heterocycles. The highest BCUT2D eigenvalue weighted by atomic mass is 16.3. The summed E-state index contributed by atoms with van der Waals surface area (Å²) in [5, 5.41) is 24.5. The minimum atomic E-state index is -0.478. The van der Waals surface area contributed by atoms with Crippen molar-refractivity contribution in [1.29, 1.82) is 0 Å². The molecule has 0 aliphatic carbocycles. The van der Waals surface area contributed by atoms with Crippen molar-refractivity contribution < 1.29 is 9.90 Å². The zero-order valence-electron chi connectivity index (χ0n) is 18.4. The highest BCUT2D eigenvalue weighted by Gasteiger charge is 2.17. The molecule has 0 aliphatic heterocycles. The van der Waals surface area contributed by atoms with Crippen LogP contribution in [0.2, 0.25) is 0 Å². The fourth-order valence-electron chi connectivity index (χ4n) is 3.55. The van der Waals surface area contributed by atoms with Gasteiger partial charge in [0.15, 0.2) is 11.6 Å². The zero-order valence-corrected chi connectivity index (χ0v) is 18.4. The molecule has 0 aliphatic rings. The molecule has 0 saturated carbocycles. The van der Waals surface area contributed by atoms with Crippen LogP contribution >= 0.6 is 0 Å². The summed E-state index contributed by atoms with van der Waals surface area (Å²) >= 11 is 0. The second-order valence-corrected chi connectivity index (χ2v) is 7.59. The Kier molecular flexibility index (Phi) is 6.70. The number of aryl methyl sites for hydroxylation is 1. The first-order chi connectivity index (χ1) is 16.1. The van der Waals surface area contributed by atoms with Crippen LogP contribution in [-0.4, -0.2) is 42.4 Å². The van der Waals surface area contributed by atoms with E-state index in [1.54, 1.807) is 24.4 Å². The second kappa shape index (κ2) is 10.0. The van der Waals surface area contributed by atoms with Crippen molar-refractivity contribution in [2.75, 3.05) is 11.9 Å². The zero-order chi connectivity index (χ0) is 23.2. The summed E-state index contributed by atoms with van der Waals surface area (Å²) in [4.78, 5) is 21.0. The van der Waals surface area contributed by atoms with Crippen LogP contribution in [0, 0.1) is 6.92 Å². The Balaban J connectivity index is 1.44. The van der Waals surface area contributed by atoms with Crippen LogP contribution in [0.3, 0.4) is 0 Å². The fraction of sp³-hybridized carbons (Fsp3) is 0.208. The average Bonchev–Trinajstić information content (AvgIpc) is 3.22. The van der Waals surface area contributed by atoms with Gasteiger partial charge in [0, 0.05) is 24.5 Å². The Morgan fingerprint density at radius 2 is 1.97 bits per heavy atom. The van der Waals surface area contributed by atoms with Crippen molar-refractivity contribution in [3.05, 3.63) is 89.6 Å². The summed E-state index contributed by atoms with van der Waals surface area (Å²) < 4.78 is 1.86. The number of anilines is 1. The lowest BCUT2D eigenvalue weighted by Gasteiger charge is -2.19. The van der Waals surface area contributed by atoms with Gasteiger partial charge in [0.2, 0.25) is 0 Å². The van der Waals surface area contributed by atoms with Gasteiger partial charge in [-0.3, -0.25) is 4.79 Å². The van der Waals surface area contributed by atoms with E-state index in [1.165, 1.54) is 6.33 Å². The van der Waals surface area contributed by atoms with Crippen LogP contribution in [0.25, 0.3) is 11.5 Å². The highest BCUT2D eigenvalue weighted by Crippen LogP contribution is 2.19. The summed E-state index contributed by atoms with van der Waals surface area (Å²) in [5.41, 5.74) is 3.86. The fourth-order valence-corrected chi connectivity index (χ4v) is 3.55. The predicted octanol–water partition coefficient (Wildman–Crippen LogP) is 2.66. The van der Waals surface area contributed by atoms with Crippen molar-refractivity contribution in [2.24, 2.45) is 7.05 Å². The van der Waals surface area contributed by atoms with E-state index in [4.69, 9.17) is 0 Å². The molecule has 9 heteroatoms. The Bertz CT molecular complexity index is 1240. The van der Waals surface area contributed by atoms with E-state index in [1.807, 2.05) is 54.9 Å². The Morgan fingerprint density at radius 3 is 2.73 bits per heavy atom. The van der Waals surface area contributed by atoms with E-state index in [9.17, 15) is 9.90 Å². The number of aliphatic hydroxyl groups excluding tert-OH is 1. The molecular formula is C24H25N7O2. The lowest BCUT2D eigenvalue weighted by Crippen LogP contribution is -2.31. The topological polar surface area (TPSA) is 118 Å². The number of hydrogen-bond acceptors (Lipinski definition) is 7. The smallest absolute Gasteiger partial charge is 0.251 e. The molecule has 0 spiro atoms. The second-order valence-electron chi connectivity index (χ2n) is 7.59. The third kappa shape index (κ3) is 5.04. The molecule has 0 radical (unpaired) electrons. The normalized spacial score (nSPS) is 11.7. The third-order valence-electron chi connectivity index (χ3n) is 5.40. The van der Waals surface area contributed by atoms with Crippen molar-refractivity contribution in [2.45, 2.75) is 19.5 Å². The number of nitrogens with one attached hydrogen (secondary N) is 2. The molecule has 1 atom stereocenters. The summed E-state index contributed by atoms with van der Waals surface area (Å²) in [6.45, 7) is 2.19. The molecule has 0 saturated heterocycles. The lowest BCUT2D eigenvalue weighted by molar-refractivity contribution is 0.0916. The standard InChI is InChI=1S/C24H25N7O2/c1-16-6-3-4-9-19(16)21(14-32)28-24(33)17-7-5-8-18(12-17)26-13-22-29-30-23(31(22)2)20-10-11-25-15-27-20/h3-12,15,21,26,32H,13-14H2,1-2H3,(H,28,33). The molecule has 4 rings (SSSR count). The van der Waals surface area contributed by atoms with Crippen LogP contribution < -0.4 is 10.6 Å². The van der Waals surface area contributed by atoms with Crippen LogP contribution in [-0.2, 0) is 13.6 Å². The summed E-state index contributed by atoms with van der Waals surface area (Å²) in [7, 11) is 1.87. The monoisotopic (exact) mass is 443 g/mol. The first-order valence-electron chi connectivity index (χ1n) is 10.5. The van der Waals surface area contributed by atoms with Gasteiger partial charge in [-0.1, -0.05) is 30.3 Å². The van der Waals surface area contributed by atoms with Crippen molar-refractivity contribution in [3.63, 3.8) is 0 Å². The SMILES string of the molecule is Cc1ccccc1C(CO)NC(=O)c1cccc(NCc2nnc(-c3ccncn3)n2C)c1. The minimum absolute atomic E-state index is 0.185. The lowest BCUT2D eigenvalue weighted by atomic mass is 10.0. The molecule has 33 heavy (non-hydrogen) atoms.